The SMILES string of the molecule is CCCCCC/C=C\C=C/CCCCCCCC(=O)OC[C@H](COP(=O)(O)OC[C@@H](O)COP(=O)(O)OC[C@@H](COC(=O)CCCCCCCCCCC)OC(=O)CCCCCCCCCCCCC(C)C)OC(=O)CCCCCCCCCCCCCCCCC(C)C. The molecule has 0 saturated carbocycles. The first-order valence-corrected chi connectivity index (χ1v) is 41.3. The van der Waals surface area contributed by atoms with E-state index in [9.17, 15) is 43.2 Å². The fourth-order valence-corrected chi connectivity index (χ4v) is 12.5. The zero-order valence-electron chi connectivity index (χ0n) is 60.7. The molecule has 2 unspecified atom stereocenters. The van der Waals surface area contributed by atoms with Crippen LogP contribution in [0, 0.1) is 11.8 Å². The summed E-state index contributed by atoms with van der Waals surface area (Å²) in [5.41, 5.74) is 0. The third kappa shape index (κ3) is 68.1. The summed E-state index contributed by atoms with van der Waals surface area (Å²) in [4.78, 5) is 72.7. The number of allylic oxidation sites excluding steroid dienone is 4. The van der Waals surface area contributed by atoms with Gasteiger partial charge in [0.05, 0.1) is 26.4 Å². The smallest absolute Gasteiger partial charge is 0.462 e. The van der Waals surface area contributed by atoms with Crippen molar-refractivity contribution in [2.75, 3.05) is 39.6 Å². The lowest BCUT2D eigenvalue weighted by Crippen LogP contribution is -2.30. The number of phosphoric acid groups is 2. The Hall–Kier alpha value is -2.46. The fraction of sp³-hybridized carbons (Fsp3) is 0.893. The van der Waals surface area contributed by atoms with Crippen LogP contribution >= 0.6 is 15.6 Å². The van der Waals surface area contributed by atoms with E-state index >= 15 is 0 Å². The molecule has 19 heteroatoms. The zero-order valence-corrected chi connectivity index (χ0v) is 62.5. The lowest BCUT2D eigenvalue weighted by molar-refractivity contribution is -0.161. The van der Waals surface area contributed by atoms with E-state index < -0.39 is 97.5 Å². The number of esters is 4. The molecule has 0 bridgehead atoms. The van der Waals surface area contributed by atoms with E-state index in [-0.39, 0.29) is 25.7 Å². The maximum Gasteiger partial charge on any atom is 0.472 e. The molecule has 0 aromatic carbocycles. The molecule has 0 rings (SSSR count). The molecule has 94 heavy (non-hydrogen) atoms. The van der Waals surface area contributed by atoms with Crippen LogP contribution in [0.2, 0.25) is 0 Å². The van der Waals surface area contributed by atoms with E-state index in [1.54, 1.807) is 0 Å². The minimum Gasteiger partial charge on any atom is -0.462 e. The number of carbonyl (C=O) groups is 4. The normalized spacial score (nSPS) is 14.2. The molecule has 0 spiro atoms. The van der Waals surface area contributed by atoms with Crippen molar-refractivity contribution in [3.05, 3.63) is 24.3 Å². The van der Waals surface area contributed by atoms with Crippen molar-refractivity contribution in [3.8, 4) is 0 Å². The average Bonchev–Trinajstić information content (AvgIpc) is 1.38. The van der Waals surface area contributed by atoms with Gasteiger partial charge in [0.1, 0.15) is 19.3 Å². The van der Waals surface area contributed by atoms with Gasteiger partial charge in [-0.1, -0.05) is 310 Å². The minimum absolute atomic E-state index is 0.101. The van der Waals surface area contributed by atoms with Crippen LogP contribution in [0.5, 0.6) is 0 Å². The van der Waals surface area contributed by atoms with Crippen molar-refractivity contribution < 1.29 is 80.2 Å². The summed E-state index contributed by atoms with van der Waals surface area (Å²) in [7, 11) is -9.92. The van der Waals surface area contributed by atoms with Gasteiger partial charge in [-0.25, -0.2) is 9.13 Å². The van der Waals surface area contributed by atoms with Crippen LogP contribution in [-0.2, 0) is 65.4 Å². The van der Waals surface area contributed by atoms with Gasteiger partial charge in [0.15, 0.2) is 12.2 Å². The summed E-state index contributed by atoms with van der Waals surface area (Å²) in [6.07, 6.45) is 56.3. The molecule has 5 atom stereocenters. The Morgan fingerprint density at radius 2 is 0.574 bits per heavy atom. The second-order valence-corrected chi connectivity index (χ2v) is 30.2. The Labute approximate surface area is 573 Å². The first-order chi connectivity index (χ1) is 45.4. The third-order valence-electron chi connectivity index (χ3n) is 16.8. The van der Waals surface area contributed by atoms with Crippen molar-refractivity contribution in [2.45, 2.75) is 381 Å². The predicted molar refractivity (Wildman–Crippen MR) is 381 cm³/mol. The number of phosphoric ester groups is 2. The monoisotopic (exact) mass is 1380 g/mol. The summed E-state index contributed by atoms with van der Waals surface area (Å²) in [6.45, 7) is 9.51. The molecular formula is C75H142O17P2. The molecule has 0 aliphatic carbocycles. The van der Waals surface area contributed by atoms with Gasteiger partial charge in [0.25, 0.3) is 0 Å². The first-order valence-electron chi connectivity index (χ1n) is 38.3. The summed E-state index contributed by atoms with van der Waals surface area (Å²) in [5.74, 6) is -0.605. The van der Waals surface area contributed by atoms with Crippen LogP contribution in [0.4, 0.5) is 0 Å². The number of hydrogen-bond acceptors (Lipinski definition) is 15. The minimum atomic E-state index is -4.96. The van der Waals surface area contributed by atoms with Gasteiger partial charge in [0.2, 0.25) is 0 Å². The van der Waals surface area contributed by atoms with E-state index in [1.807, 2.05) is 0 Å². The molecule has 17 nitrogen and oxygen atoms in total. The highest BCUT2D eigenvalue weighted by Gasteiger charge is 2.30. The summed E-state index contributed by atoms with van der Waals surface area (Å²) in [6, 6.07) is 0. The highest BCUT2D eigenvalue weighted by molar-refractivity contribution is 7.47. The molecular weight excluding hydrogens is 1230 g/mol. The Kier molecular flexibility index (Phi) is 64.7. The Balaban J connectivity index is 5.27. The number of hydrogen-bond donors (Lipinski definition) is 3. The number of rotatable bonds is 72. The molecule has 0 aliphatic heterocycles. The molecule has 0 aliphatic rings. The standard InChI is InChI=1S/C75H142O17P2/c1-7-9-11-13-15-17-18-19-20-24-27-34-40-46-52-58-73(78)86-64-71(91-74(79)59-53-47-41-35-28-25-22-21-23-26-32-37-43-49-55-67(3)4)66-90-94(83,84)88-62-69(76)61-87-93(81,82)89-65-70(63-85-72(77)57-51-45-39-31-16-14-12-10-8-2)92-75(80)60-54-48-42-36-30-29-33-38-44-50-56-68(5)6/h17-20,67-71,76H,7-16,21-66H2,1-6H3,(H,81,82)(H,83,84)/b18-17-,20-19-/t69-,70+,71+/m0/s1. The molecule has 0 amide bonds. The molecule has 554 valence electrons. The lowest BCUT2D eigenvalue weighted by Gasteiger charge is -2.21. The van der Waals surface area contributed by atoms with E-state index in [0.717, 1.165) is 121 Å². The first kappa shape index (κ1) is 91.5. The van der Waals surface area contributed by atoms with Crippen molar-refractivity contribution in [3.63, 3.8) is 0 Å². The predicted octanol–water partition coefficient (Wildman–Crippen LogP) is 21.5. The van der Waals surface area contributed by atoms with Crippen molar-refractivity contribution >= 4 is 39.5 Å². The van der Waals surface area contributed by atoms with Gasteiger partial charge in [-0.3, -0.25) is 37.3 Å². The van der Waals surface area contributed by atoms with Gasteiger partial charge in [-0.05, 0) is 63.2 Å². The fourth-order valence-electron chi connectivity index (χ4n) is 10.9. The molecule has 0 radical (unpaired) electrons. The van der Waals surface area contributed by atoms with Gasteiger partial charge in [-0.15, -0.1) is 0 Å². The largest absolute Gasteiger partial charge is 0.472 e. The van der Waals surface area contributed by atoms with Gasteiger partial charge < -0.3 is 33.8 Å². The summed E-state index contributed by atoms with van der Waals surface area (Å²) in [5, 5.41) is 10.6. The highest BCUT2D eigenvalue weighted by atomic mass is 31.2. The van der Waals surface area contributed by atoms with Gasteiger partial charge in [-0.2, -0.15) is 0 Å². The highest BCUT2D eigenvalue weighted by Crippen LogP contribution is 2.45. The second-order valence-electron chi connectivity index (χ2n) is 27.3. The molecule has 0 heterocycles. The molecule has 3 N–H and O–H groups in total. The second kappa shape index (κ2) is 66.4. The van der Waals surface area contributed by atoms with Crippen LogP contribution in [0.3, 0.4) is 0 Å². The maximum atomic E-state index is 13.1. The summed E-state index contributed by atoms with van der Waals surface area (Å²) >= 11 is 0. The van der Waals surface area contributed by atoms with Crippen LogP contribution in [0.1, 0.15) is 363 Å². The quantitative estimate of drug-likeness (QED) is 0.0169. The Morgan fingerprint density at radius 1 is 0.330 bits per heavy atom. The topological polar surface area (TPSA) is 237 Å². The Bertz CT molecular complexity index is 1910. The van der Waals surface area contributed by atoms with E-state index in [1.165, 1.54) is 161 Å². The molecule has 0 saturated heterocycles. The van der Waals surface area contributed by atoms with E-state index in [0.29, 0.717) is 25.7 Å². The van der Waals surface area contributed by atoms with E-state index in [2.05, 4.69) is 65.8 Å². The van der Waals surface area contributed by atoms with Crippen LogP contribution in [0.25, 0.3) is 0 Å². The van der Waals surface area contributed by atoms with Crippen molar-refractivity contribution in [2.24, 2.45) is 11.8 Å². The Morgan fingerprint density at radius 3 is 0.872 bits per heavy atom. The number of carbonyl (C=O) groups excluding carboxylic acids is 4. The number of ether oxygens (including phenoxy) is 4. The van der Waals surface area contributed by atoms with E-state index in [4.69, 9.17) is 37.0 Å². The third-order valence-corrected chi connectivity index (χ3v) is 18.7. The lowest BCUT2D eigenvalue weighted by atomic mass is 10.0. The average molecular weight is 1380 g/mol. The van der Waals surface area contributed by atoms with Gasteiger partial charge in [0, 0.05) is 25.7 Å². The number of unbranched alkanes of at least 4 members (excludes halogenated alkanes) is 39. The molecule has 0 fully saturated rings. The van der Waals surface area contributed by atoms with Crippen LogP contribution in [-0.4, -0.2) is 96.7 Å². The zero-order chi connectivity index (χ0) is 69.3. The van der Waals surface area contributed by atoms with Crippen molar-refractivity contribution in [1.82, 2.24) is 0 Å². The molecule has 0 aromatic heterocycles. The van der Waals surface area contributed by atoms with Crippen LogP contribution < -0.4 is 0 Å². The summed E-state index contributed by atoms with van der Waals surface area (Å²) < 4.78 is 68.4. The maximum absolute atomic E-state index is 13.1. The van der Waals surface area contributed by atoms with Crippen LogP contribution in [0.15, 0.2) is 24.3 Å². The van der Waals surface area contributed by atoms with Crippen molar-refractivity contribution in [1.29, 1.82) is 0 Å². The molecule has 0 aromatic rings. The number of aliphatic hydroxyl groups excluding tert-OH is 1. The number of aliphatic hydroxyl groups is 1. The van der Waals surface area contributed by atoms with Gasteiger partial charge >= 0.3 is 39.5 Å².